The number of pyridine rings is 1. The number of ether oxygens (including phenoxy) is 2. The van der Waals surface area contributed by atoms with Crippen molar-refractivity contribution in [1.29, 1.82) is 0 Å². The Morgan fingerprint density at radius 3 is 2.21 bits per heavy atom. The number of aromatic nitrogens is 1. The van der Waals surface area contributed by atoms with E-state index in [4.69, 9.17) is 21.1 Å². The molecule has 68 heavy (non-hydrogen) atoms. The first-order chi connectivity index (χ1) is 32.2. The molecular weight excluding hydrogens is 953 g/mol. The maximum Gasteiger partial charge on any atom is 0.417 e. The highest BCUT2D eigenvalue weighted by Gasteiger charge is 2.35. The van der Waals surface area contributed by atoms with Crippen LogP contribution in [0.15, 0.2) is 84.7 Å². The summed E-state index contributed by atoms with van der Waals surface area (Å²) in [6.07, 6.45) is 1.30. The normalized spacial score (nSPS) is 20.8. The SMILES string of the molecule is C/C=C1\NC(=O)[C@H]2CSSCC/C=C/[C@H](CC(=O)N[C@H](C(C)C)C(=O)N2)OC(=O)[C@H](C(C)C)NC1=O.CNC(=O)c1cc(Oc2ccc(NC(=O)Nc3ccc(Cl)c(C(F)(F)F)c3)cc2)ccn1. The van der Waals surface area contributed by atoms with E-state index in [2.05, 4.69) is 42.2 Å². The maximum absolute atomic E-state index is 13.2. The number of nitrogens with zero attached hydrogens (tertiary/aromatic N) is 1. The van der Waals surface area contributed by atoms with E-state index in [0.29, 0.717) is 29.4 Å². The van der Waals surface area contributed by atoms with E-state index >= 15 is 0 Å². The second-order valence-electron chi connectivity index (χ2n) is 15.6. The van der Waals surface area contributed by atoms with Crippen molar-refractivity contribution in [3.8, 4) is 11.5 Å². The van der Waals surface area contributed by atoms with E-state index in [9.17, 15) is 46.7 Å². The summed E-state index contributed by atoms with van der Waals surface area (Å²) in [6.45, 7) is 8.66. The number of alkyl halides is 3. The number of fused-ring (bicyclic) bond motifs is 7. The Bertz CT molecular complexity index is 2370. The van der Waals surface area contributed by atoms with Crippen LogP contribution in [0.1, 0.15) is 63.5 Å². The number of esters is 1. The van der Waals surface area contributed by atoms with Crippen molar-refractivity contribution in [2.75, 3.05) is 29.2 Å². The lowest BCUT2D eigenvalue weighted by atomic mass is 10.0. The second-order valence-corrected chi connectivity index (χ2v) is 18.6. The van der Waals surface area contributed by atoms with E-state index in [1.54, 1.807) is 71.0 Å². The van der Waals surface area contributed by atoms with E-state index in [0.717, 1.165) is 12.1 Å². The number of halogens is 4. The predicted octanol–water partition coefficient (Wildman–Crippen LogP) is 6.98. The molecule has 7 amide bonds. The molecule has 1 saturated heterocycles. The average Bonchev–Trinajstić information content (AvgIpc) is 3.28. The van der Waals surface area contributed by atoms with Gasteiger partial charge in [-0.05, 0) is 79.8 Å². The standard InChI is InChI=1S/C24H36N4O6S2.C21H16ClF3N4O3/c1-6-16-21(30)28-20(14(4)5)24(33)34-15-9-7-8-10-35-36-12-17(22(31)25-16)26-23(32)19(13(2)3)27-18(29)11-15;1-26-19(30)18-11-15(8-9-27-18)32-14-5-2-12(3-6-14)28-20(31)29-13-4-7-17(22)16(10-13)21(23,24)25/h6-7,9,13-15,17,19-20H,8,10-12H2,1-5H3,(H,25,31)(H,26,32)(H,27,29)(H,28,30);2-11H,1H3,(H,26,30)(H2,28,29,31)/b9-7+,16-6-;/t15-,17-,19-,20+;/m1./s1. The van der Waals surface area contributed by atoms with Crippen LogP contribution in [0.25, 0.3) is 0 Å². The summed E-state index contributed by atoms with van der Waals surface area (Å²) in [4.78, 5) is 92.9. The summed E-state index contributed by atoms with van der Waals surface area (Å²) in [7, 11) is 4.44. The molecule has 17 nitrogen and oxygen atoms in total. The molecule has 2 bridgehead atoms. The first-order valence-corrected chi connectivity index (χ1v) is 24.0. The number of benzene rings is 2. The van der Waals surface area contributed by atoms with E-state index in [1.807, 2.05) is 6.08 Å². The molecule has 0 aliphatic carbocycles. The molecule has 366 valence electrons. The smallest absolute Gasteiger partial charge is 0.417 e. The topological polar surface area (TPSA) is 235 Å². The van der Waals surface area contributed by atoms with Crippen molar-refractivity contribution in [3.05, 3.63) is 101 Å². The minimum Gasteiger partial charge on any atom is -0.457 e. The number of hydrogen-bond donors (Lipinski definition) is 7. The van der Waals surface area contributed by atoms with Crippen LogP contribution in [0.2, 0.25) is 5.02 Å². The number of anilines is 2. The Hall–Kier alpha value is -6.26. The Labute approximate surface area is 403 Å². The zero-order chi connectivity index (χ0) is 50.1. The molecule has 1 fully saturated rings. The molecule has 0 radical (unpaired) electrons. The van der Waals surface area contributed by atoms with Crippen LogP contribution in [-0.4, -0.2) is 89.3 Å². The van der Waals surface area contributed by atoms with Gasteiger partial charge < -0.3 is 46.7 Å². The van der Waals surface area contributed by atoms with Crippen LogP contribution >= 0.6 is 33.2 Å². The molecule has 0 saturated carbocycles. The molecule has 0 unspecified atom stereocenters. The van der Waals surface area contributed by atoms with Gasteiger partial charge in [0.15, 0.2) is 0 Å². The third-order valence-corrected chi connectivity index (χ3v) is 12.4. The summed E-state index contributed by atoms with van der Waals surface area (Å²) in [5.74, 6) is -2.08. The van der Waals surface area contributed by atoms with Crippen molar-refractivity contribution in [3.63, 3.8) is 0 Å². The number of carbonyl (C=O) groups excluding carboxylic acids is 7. The molecule has 3 heterocycles. The summed E-state index contributed by atoms with van der Waals surface area (Å²) in [5, 5.41) is 17.5. The summed E-state index contributed by atoms with van der Waals surface area (Å²) < 4.78 is 50.1. The van der Waals surface area contributed by atoms with Crippen LogP contribution in [0.4, 0.5) is 29.3 Å². The number of carbonyl (C=O) groups is 7. The van der Waals surface area contributed by atoms with Crippen molar-refractivity contribution >= 4 is 86.1 Å². The number of nitrogens with one attached hydrogen (secondary N) is 7. The third kappa shape index (κ3) is 16.8. The highest BCUT2D eigenvalue weighted by Crippen LogP contribution is 2.36. The molecule has 7 N–H and O–H groups in total. The van der Waals surface area contributed by atoms with Crippen LogP contribution in [0, 0.1) is 11.8 Å². The van der Waals surface area contributed by atoms with E-state index in [1.165, 1.54) is 53.0 Å². The molecule has 1 aromatic heterocycles. The first-order valence-electron chi connectivity index (χ1n) is 21.1. The van der Waals surface area contributed by atoms with Crippen LogP contribution in [0.5, 0.6) is 11.5 Å². The Balaban J connectivity index is 0.000000298. The lowest BCUT2D eigenvalue weighted by Gasteiger charge is -2.27. The number of urea groups is 1. The van der Waals surface area contributed by atoms with Gasteiger partial charge in [0.1, 0.15) is 47.1 Å². The zero-order valence-electron chi connectivity index (χ0n) is 37.7. The van der Waals surface area contributed by atoms with Crippen molar-refractivity contribution in [1.82, 2.24) is 31.6 Å². The number of hydrogen-bond acceptors (Lipinski definition) is 12. The molecule has 4 atom stereocenters. The monoisotopic (exact) mass is 1000 g/mol. The summed E-state index contributed by atoms with van der Waals surface area (Å²) in [6, 6.07) is 8.73. The van der Waals surface area contributed by atoms with Gasteiger partial charge in [-0.15, -0.1) is 0 Å². The second kappa shape index (κ2) is 25.8. The minimum absolute atomic E-state index is 0.0445. The molecule has 2 aliphatic heterocycles. The van der Waals surface area contributed by atoms with Gasteiger partial charge in [-0.25, -0.2) is 9.59 Å². The maximum atomic E-state index is 13.2. The molecule has 23 heteroatoms. The lowest BCUT2D eigenvalue weighted by Crippen LogP contribution is -2.57. The average molecular weight is 1010 g/mol. The van der Waals surface area contributed by atoms with Crippen molar-refractivity contribution in [2.45, 2.75) is 77.9 Å². The van der Waals surface area contributed by atoms with Crippen molar-refractivity contribution < 1.29 is 56.2 Å². The molecule has 5 rings (SSSR count). The number of amides is 7. The fourth-order valence-corrected chi connectivity index (χ4v) is 8.47. The van der Waals surface area contributed by atoms with Gasteiger partial charge in [0.25, 0.3) is 11.8 Å². The third-order valence-electron chi connectivity index (χ3n) is 9.66. The fraction of sp³-hybridized carbons (Fsp3) is 0.378. The van der Waals surface area contributed by atoms with Gasteiger partial charge in [-0.3, -0.25) is 29.0 Å². The van der Waals surface area contributed by atoms with Crippen LogP contribution in [-0.2, 0) is 34.9 Å². The number of allylic oxidation sites excluding steroid dienone is 2. The van der Waals surface area contributed by atoms with E-state index < -0.39 is 76.6 Å². The Morgan fingerprint density at radius 2 is 1.56 bits per heavy atom. The lowest BCUT2D eigenvalue weighted by molar-refractivity contribution is -0.153. The molecule has 3 aromatic rings. The van der Waals surface area contributed by atoms with Crippen LogP contribution in [0.3, 0.4) is 0 Å². The van der Waals surface area contributed by atoms with E-state index in [-0.39, 0.29) is 47.0 Å². The van der Waals surface area contributed by atoms with Gasteiger partial charge in [0.2, 0.25) is 17.7 Å². The van der Waals surface area contributed by atoms with Gasteiger partial charge in [-0.1, -0.05) is 73.0 Å². The zero-order valence-corrected chi connectivity index (χ0v) is 40.1. The summed E-state index contributed by atoms with van der Waals surface area (Å²) >= 11 is 5.57. The minimum atomic E-state index is -4.64. The van der Waals surface area contributed by atoms with Gasteiger partial charge >= 0.3 is 18.2 Å². The van der Waals surface area contributed by atoms with Crippen LogP contribution < -0.4 is 42.0 Å². The summed E-state index contributed by atoms with van der Waals surface area (Å²) in [5.41, 5.74) is -0.591. The van der Waals surface area contributed by atoms with Gasteiger partial charge in [0.05, 0.1) is 17.0 Å². The van der Waals surface area contributed by atoms with Crippen molar-refractivity contribution in [2.24, 2.45) is 11.8 Å². The molecular formula is C45H52ClF3N8O9S2. The molecule has 0 spiro atoms. The predicted molar refractivity (Wildman–Crippen MR) is 254 cm³/mol. The first kappa shape index (κ1) is 54.3. The molecule has 2 aromatic carbocycles. The highest BCUT2D eigenvalue weighted by atomic mass is 35.5. The molecule has 2 aliphatic rings. The number of rotatable bonds is 7. The van der Waals surface area contributed by atoms with Gasteiger partial charge in [0, 0.05) is 42.2 Å². The Kier molecular flexibility index (Phi) is 20.6. The highest BCUT2D eigenvalue weighted by molar-refractivity contribution is 8.76. The fourth-order valence-electron chi connectivity index (χ4n) is 6.08. The Morgan fingerprint density at radius 1 is 0.882 bits per heavy atom. The van der Waals surface area contributed by atoms with Gasteiger partial charge in [-0.2, -0.15) is 13.2 Å². The quantitative estimate of drug-likeness (QED) is 0.0550. The largest absolute Gasteiger partial charge is 0.457 e.